The standard InChI is InChI=1S/C20H23N3O2/c1-14-19(15(2)25-23-14)12-17-11-16(9-10-20(17)24-3)13-21-22-18-7-5-4-6-8-18/h4-11,21-22H,12-13H2,1-3H3. The van der Waals surface area contributed by atoms with E-state index in [1.807, 2.05) is 50.2 Å². The van der Waals surface area contributed by atoms with Gasteiger partial charge in [-0.15, -0.1) is 0 Å². The maximum absolute atomic E-state index is 5.52. The number of hydrogen-bond donors (Lipinski definition) is 2. The van der Waals surface area contributed by atoms with E-state index in [2.05, 4.69) is 28.1 Å². The number of aromatic nitrogens is 1. The molecule has 0 bridgehead atoms. The van der Waals surface area contributed by atoms with Crippen molar-refractivity contribution in [2.24, 2.45) is 0 Å². The van der Waals surface area contributed by atoms with Gasteiger partial charge in [0.25, 0.3) is 0 Å². The summed E-state index contributed by atoms with van der Waals surface area (Å²) in [6, 6.07) is 16.3. The van der Waals surface area contributed by atoms with Crippen molar-refractivity contribution in [2.45, 2.75) is 26.8 Å². The van der Waals surface area contributed by atoms with Gasteiger partial charge in [0.05, 0.1) is 12.8 Å². The average molecular weight is 337 g/mol. The van der Waals surface area contributed by atoms with Crippen molar-refractivity contribution >= 4 is 5.69 Å². The quantitative estimate of drug-likeness (QED) is 0.638. The molecule has 0 unspecified atom stereocenters. The van der Waals surface area contributed by atoms with Gasteiger partial charge in [0.1, 0.15) is 11.5 Å². The zero-order valence-corrected chi connectivity index (χ0v) is 14.8. The summed E-state index contributed by atoms with van der Waals surface area (Å²) in [4.78, 5) is 0. The van der Waals surface area contributed by atoms with Crippen LogP contribution in [0, 0.1) is 13.8 Å². The highest BCUT2D eigenvalue weighted by Gasteiger charge is 2.13. The van der Waals surface area contributed by atoms with Crippen molar-refractivity contribution < 1.29 is 9.26 Å². The van der Waals surface area contributed by atoms with Crippen LogP contribution in [0.15, 0.2) is 53.1 Å². The molecular formula is C20H23N3O2. The molecule has 0 aliphatic heterocycles. The minimum Gasteiger partial charge on any atom is -0.496 e. The lowest BCUT2D eigenvalue weighted by Crippen LogP contribution is -2.20. The van der Waals surface area contributed by atoms with Gasteiger partial charge in [0.15, 0.2) is 0 Å². The van der Waals surface area contributed by atoms with Gasteiger partial charge in [-0.25, -0.2) is 5.43 Å². The first-order chi connectivity index (χ1) is 12.2. The molecule has 0 aliphatic carbocycles. The summed E-state index contributed by atoms with van der Waals surface area (Å²) in [6.07, 6.45) is 0.740. The molecule has 2 aromatic carbocycles. The largest absolute Gasteiger partial charge is 0.496 e. The molecule has 0 aliphatic rings. The second-order valence-electron chi connectivity index (χ2n) is 5.97. The molecule has 1 heterocycles. The molecule has 0 saturated heterocycles. The van der Waals surface area contributed by atoms with E-state index in [1.165, 1.54) is 5.56 Å². The highest BCUT2D eigenvalue weighted by molar-refractivity contribution is 5.43. The van der Waals surface area contributed by atoms with E-state index in [4.69, 9.17) is 9.26 Å². The lowest BCUT2D eigenvalue weighted by molar-refractivity contribution is 0.392. The van der Waals surface area contributed by atoms with Crippen LogP contribution in [0.4, 0.5) is 5.69 Å². The molecule has 130 valence electrons. The van der Waals surface area contributed by atoms with Crippen molar-refractivity contribution in [3.8, 4) is 5.75 Å². The Morgan fingerprint density at radius 1 is 1.08 bits per heavy atom. The fourth-order valence-electron chi connectivity index (χ4n) is 2.79. The predicted octanol–water partition coefficient (Wildman–Crippen LogP) is 4.01. The second kappa shape index (κ2) is 7.85. The van der Waals surface area contributed by atoms with Gasteiger partial charge in [-0.1, -0.05) is 35.5 Å². The topological polar surface area (TPSA) is 59.3 Å². The molecule has 0 fully saturated rings. The number of rotatable bonds is 7. The highest BCUT2D eigenvalue weighted by Crippen LogP contribution is 2.25. The third-order valence-corrected chi connectivity index (χ3v) is 4.19. The van der Waals surface area contributed by atoms with Gasteiger partial charge >= 0.3 is 0 Å². The van der Waals surface area contributed by atoms with Crippen LogP contribution in [-0.2, 0) is 13.0 Å². The smallest absolute Gasteiger partial charge is 0.137 e. The second-order valence-corrected chi connectivity index (χ2v) is 5.97. The van der Waals surface area contributed by atoms with Gasteiger partial charge in [0.2, 0.25) is 0 Å². The summed E-state index contributed by atoms with van der Waals surface area (Å²) in [5.41, 5.74) is 11.8. The van der Waals surface area contributed by atoms with Crippen LogP contribution >= 0.6 is 0 Å². The van der Waals surface area contributed by atoms with Crippen LogP contribution in [0.2, 0.25) is 0 Å². The van der Waals surface area contributed by atoms with Gasteiger partial charge < -0.3 is 14.7 Å². The summed E-state index contributed by atoms with van der Waals surface area (Å²) in [5, 5.41) is 4.04. The van der Waals surface area contributed by atoms with E-state index in [-0.39, 0.29) is 0 Å². The van der Waals surface area contributed by atoms with Gasteiger partial charge in [-0.2, -0.15) is 0 Å². The Labute approximate surface area is 148 Å². The van der Waals surface area contributed by atoms with Crippen LogP contribution in [0.25, 0.3) is 0 Å². The molecule has 0 atom stereocenters. The summed E-state index contributed by atoms with van der Waals surface area (Å²) >= 11 is 0. The maximum atomic E-state index is 5.52. The van der Waals surface area contributed by atoms with Crippen LogP contribution in [-0.4, -0.2) is 12.3 Å². The van der Waals surface area contributed by atoms with E-state index >= 15 is 0 Å². The molecule has 0 spiro atoms. The number of benzene rings is 2. The number of nitrogens with zero attached hydrogens (tertiary/aromatic N) is 1. The van der Waals surface area contributed by atoms with Crippen molar-refractivity contribution in [1.29, 1.82) is 0 Å². The molecule has 3 rings (SSSR count). The molecule has 0 amide bonds. The lowest BCUT2D eigenvalue weighted by Gasteiger charge is -2.12. The number of para-hydroxylation sites is 1. The third kappa shape index (κ3) is 4.19. The monoisotopic (exact) mass is 337 g/mol. The molecule has 0 saturated carbocycles. The van der Waals surface area contributed by atoms with Crippen molar-refractivity contribution in [3.05, 3.63) is 76.7 Å². The minimum absolute atomic E-state index is 0.702. The molecule has 1 aromatic heterocycles. The van der Waals surface area contributed by atoms with E-state index in [0.29, 0.717) is 6.54 Å². The lowest BCUT2D eigenvalue weighted by atomic mass is 10.0. The van der Waals surface area contributed by atoms with Crippen LogP contribution in [0.3, 0.4) is 0 Å². The van der Waals surface area contributed by atoms with E-state index in [0.717, 1.165) is 40.4 Å². The van der Waals surface area contributed by atoms with Crippen LogP contribution < -0.4 is 15.6 Å². The normalized spacial score (nSPS) is 10.7. The van der Waals surface area contributed by atoms with Gasteiger partial charge in [-0.3, -0.25) is 0 Å². The Balaban J connectivity index is 1.71. The third-order valence-electron chi connectivity index (χ3n) is 4.19. The molecule has 2 N–H and O–H groups in total. The number of hydrazine groups is 1. The average Bonchev–Trinajstić information content (AvgIpc) is 2.95. The molecule has 5 heteroatoms. The first-order valence-corrected chi connectivity index (χ1v) is 8.29. The molecule has 3 aromatic rings. The Hall–Kier alpha value is -2.79. The molecule has 5 nitrogen and oxygen atoms in total. The first kappa shape index (κ1) is 17.0. The van der Waals surface area contributed by atoms with Crippen LogP contribution in [0.1, 0.15) is 28.1 Å². The Morgan fingerprint density at radius 2 is 1.88 bits per heavy atom. The summed E-state index contributed by atoms with van der Waals surface area (Å²) in [5.74, 6) is 1.73. The SMILES string of the molecule is COc1ccc(CNNc2ccccc2)cc1Cc1c(C)noc1C. The first-order valence-electron chi connectivity index (χ1n) is 8.29. The fourth-order valence-corrected chi connectivity index (χ4v) is 2.79. The molecule has 0 radical (unpaired) electrons. The summed E-state index contributed by atoms with van der Waals surface area (Å²) < 4.78 is 10.8. The number of anilines is 1. The van der Waals surface area contributed by atoms with Crippen LogP contribution in [0.5, 0.6) is 5.75 Å². The summed E-state index contributed by atoms with van der Waals surface area (Å²) in [6.45, 7) is 4.61. The van der Waals surface area contributed by atoms with Crippen molar-refractivity contribution in [2.75, 3.05) is 12.5 Å². The maximum Gasteiger partial charge on any atom is 0.137 e. The van der Waals surface area contributed by atoms with E-state index in [9.17, 15) is 0 Å². The van der Waals surface area contributed by atoms with Gasteiger partial charge in [-0.05, 0) is 43.2 Å². The highest BCUT2D eigenvalue weighted by atomic mass is 16.5. The minimum atomic E-state index is 0.702. The number of ether oxygens (including phenoxy) is 1. The Morgan fingerprint density at radius 3 is 2.56 bits per heavy atom. The number of hydrogen-bond acceptors (Lipinski definition) is 5. The van der Waals surface area contributed by atoms with Crippen molar-refractivity contribution in [3.63, 3.8) is 0 Å². The number of aryl methyl sites for hydroxylation is 2. The number of nitrogens with one attached hydrogen (secondary N) is 2. The fraction of sp³-hybridized carbons (Fsp3) is 0.250. The predicted molar refractivity (Wildman–Crippen MR) is 98.7 cm³/mol. The zero-order chi connectivity index (χ0) is 17.6. The summed E-state index contributed by atoms with van der Waals surface area (Å²) in [7, 11) is 1.70. The van der Waals surface area contributed by atoms with E-state index < -0.39 is 0 Å². The number of methoxy groups -OCH3 is 1. The molecular weight excluding hydrogens is 314 g/mol. The van der Waals surface area contributed by atoms with Gasteiger partial charge in [0, 0.05) is 24.2 Å². The Bertz CT molecular complexity index is 809. The van der Waals surface area contributed by atoms with Crippen molar-refractivity contribution in [1.82, 2.24) is 10.6 Å². The van der Waals surface area contributed by atoms with E-state index in [1.54, 1.807) is 7.11 Å². The zero-order valence-electron chi connectivity index (χ0n) is 14.8. The Kier molecular flexibility index (Phi) is 5.36. The molecule has 25 heavy (non-hydrogen) atoms.